The van der Waals surface area contributed by atoms with Crippen molar-refractivity contribution in [3.8, 4) is 0 Å². The number of likely N-dealkylation sites (tertiary alicyclic amines) is 1. The minimum absolute atomic E-state index is 0.00552. The Hall–Kier alpha value is -0.640. The number of alkyl halides is 1. The topological polar surface area (TPSA) is 29.5 Å². The molecule has 0 N–H and O–H groups in total. The van der Waals surface area contributed by atoms with Crippen LogP contribution in [0.1, 0.15) is 27.2 Å². The Balaban J connectivity index is 2.38. The molecule has 0 amide bonds. The minimum atomic E-state index is -0.774. The molecular formula is C10H18FNO2. The van der Waals surface area contributed by atoms with Gasteiger partial charge in [0.2, 0.25) is 0 Å². The first-order valence-corrected chi connectivity index (χ1v) is 4.93. The Labute approximate surface area is 84.2 Å². The molecule has 2 unspecified atom stereocenters. The van der Waals surface area contributed by atoms with Crippen LogP contribution in [0.3, 0.4) is 0 Å². The summed E-state index contributed by atoms with van der Waals surface area (Å²) >= 11 is 0. The molecule has 0 aromatic rings. The Morgan fingerprint density at radius 1 is 1.57 bits per heavy atom. The van der Waals surface area contributed by atoms with Crippen molar-refractivity contribution in [3.63, 3.8) is 0 Å². The summed E-state index contributed by atoms with van der Waals surface area (Å²) in [5.41, 5.74) is -0.00552. The average molecular weight is 203 g/mol. The number of halogens is 1. The van der Waals surface area contributed by atoms with E-state index in [0.717, 1.165) is 0 Å². The van der Waals surface area contributed by atoms with Gasteiger partial charge >= 0.3 is 0 Å². The van der Waals surface area contributed by atoms with Crippen molar-refractivity contribution in [2.24, 2.45) is 0 Å². The maximum absolute atomic E-state index is 13.2. The number of nitrogens with zero attached hydrogens (tertiary/aromatic N) is 1. The van der Waals surface area contributed by atoms with E-state index in [0.29, 0.717) is 26.0 Å². The fourth-order valence-electron chi connectivity index (χ4n) is 1.85. The molecule has 4 heteroatoms. The van der Waals surface area contributed by atoms with Crippen LogP contribution in [-0.4, -0.2) is 42.3 Å². The third-order valence-electron chi connectivity index (χ3n) is 2.65. The van der Waals surface area contributed by atoms with Crippen molar-refractivity contribution >= 4 is 6.47 Å². The summed E-state index contributed by atoms with van der Waals surface area (Å²) in [7, 11) is 0. The Bertz CT molecular complexity index is 203. The number of hydrogen-bond acceptors (Lipinski definition) is 3. The lowest BCUT2D eigenvalue weighted by Gasteiger charge is -2.51. The van der Waals surface area contributed by atoms with E-state index in [1.54, 1.807) is 0 Å². The van der Waals surface area contributed by atoms with Crippen LogP contribution in [0.2, 0.25) is 0 Å². The van der Waals surface area contributed by atoms with Gasteiger partial charge in [0, 0.05) is 18.1 Å². The molecule has 2 atom stereocenters. The van der Waals surface area contributed by atoms with Gasteiger partial charge in [0.15, 0.2) is 0 Å². The molecular weight excluding hydrogens is 185 g/mol. The first-order valence-electron chi connectivity index (χ1n) is 4.93. The second-order valence-electron chi connectivity index (χ2n) is 4.66. The van der Waals surface area contributed by atoms with Gasteiger partial charge in [0.1, 0.15) is 6.17 Å². The number of ether oxygens (including phenoxy) is 1. The van der Waals surface area contributed by atoms with E-state index in [4.69, 9.17) is 0 Å². The lowest BCUT2D eigenvalue weighted by molar-refractivity contribution is -0.131. The van der Waals surface area contributed by atoms with Crippen LogP contribution < -0.4 is 0 Å². The van der Waals surface area contributed by atoms with Gasteiger partial charge < -0.3 is 4.74 Å². The predicted molar refractivity (Wildman–Crippen MR) is 51.8 cm³/mol. The third kappa shape index (κ3) is 2.44. The molecule has 0 aliphatic carbocycles. The van der Waals surface area contributed by atoms with Crippen molar-refractivity contribution in [3.05, 3.63) is 0 Å². The number of rotatable bonds is 4. The lowest BCUT2D eigenvalue weighted by Crippen LogP contribution is -2.64. The van der Waals surface area contributed by atoms with Crippen LogP contribution in [-0.2, 0) is 9.53 Å². The zero-order chi connectivity index (χ0) is 10.8. The Kier molecular flexibility index (Phi) is 3.48. The average Bonchev–Trinajstić information content (AvgIpc) is 2.06. The van der Waals surface area contributed by atoms with E-state index in [-0.39, 0.29) is 11.6 Å². The summed E-state index contributed by atoms with van der Waals surface area (Å²) in [6, 6.07) is -0.0880. The SMILES string of the molecule is CC(C)(C)N1CC(F)C1CCOC=O. The maximum Gasteiger partial charge on any atom is 0.293 e. The second kappa shape index (κ2) is 4.26. The van der Waals surface area contributed by atoms with Crippen LogP contribution in [0.25, 0.3) is 0 Å². The van der Waals surface area contributed by atoms with Gasteiger partial charge in [0.25, 0.3) is 6.47 Å². The summed E-state index contributed by atoms with van der Waals surface area (Å²) in [5.74, 6) is 0. The second-order valence-corrected chi connectivity index (χ2v) is 4.66. The van der Waals surface area contributed by atoms with Gasteiger partial charge in [-0.25, -0.2) is 4.39 Å². The minimum Gasteiger partial charge on any atom is -0.468 e. The van der Waals surface area contributed by atoms with E-state index in [1.165, 1.54) is 0 Å². The molecule has 1 aliphatic heterocycles. The Morgan fingerprint density at radius 2 is 2.21 bits per heavy atom. The van der Waals surface area contributed by atoms with Gasteiger partial charge in [-0.05, 0) is 27.2 Å². The van der Waals surface area contributed by atoms with Crippen LogP contribution >= 0.6 is 0 Å². The number of carbonyl (C=O) groups excluding carboxylic acids is 1. The molecule has 0 bridgehead atoms. The largest absolute Gasteiger partial charge is 0.468 e. The third-order valence-corrected chi connectivity index (χ3v) is 2.65. The summed E-state index contributed by atoms with van der Waals surface area (Å²) in [5, 5.41) is 0. The van der Waals surface area contributed by atoms with E-state index < -0.39 is 6.17 Å². The van der Waals surface area contributed by atoms with E-state index in [1.807, 2.05) is 0 Å². The molecule has 1 heterocycles. The van der Waals surface area contributed by atoms with Gasteiger partial charge in [-0.1, -0.05) is 0 Å². The molecule has 0 spiro atoms. The zero-order valence-corrected chi connectivity index (χ0v) is 9.00. The fraction of sp³-hybridized carbons (Fsp3) is 0.900. The van der Waals surface area contributed by atoms with Crippen LogP contribution in [0.15, 0.2) is 0 Å². The molecule has 0 radical (unpaired) electrons. The quantitative estimate of drug-likeness (QED) is 0.510. The highest BCUT2D eigenvalue weighted by Gasteiger charge is 2.44. The lowest BCUT2D eigenvalue weighted by atomic mass is 9.90. The van der Waals surface area contributed by atoms with Crippen LogP contribution in [0.4, 0.5) is 4.39 Å². The van der Waals surface area contributed by atoms with E-state index in [9.17, 15) is 9.18 Å². The molecule has 1 aliphatic rings. The maximum atomic E-state index is 13.2. The van der Waals surface area contributed by atoms with E-state index >= 15 is 0 Å². The molecule has 1 saturated heterocycles. The molecule has 1 fully saturated rings. The first kappa shape index (κ1) is 11.4. The summed E-state index contributed by atoms with van der Waals surface area (Å²) in [6.07, 6.45) is -0.193. The molecule has 0 saturated carbocycles. The zero-order valence-electron chi connectivity index (χ0n) is 9.00. The van der Waals surface area contributed by atoms with Crippen molar-refractivity contribution < 1.29 is 13.9 Å². The highest BCUT2D eigenvalue weighted by molar-refractivity contribution is 5.36. The molecule has 3 nitrogen and oxygen atoms in total. The van der Waals surface area contributed by atoms with Gasteiger partial charge in [-0.2, -0.15) is 0 Å². The van der Waals surface area contributed by atoms with Crippen molar-refractivity contribution in [1.29, 1.82) is 0 Å². The van der Waals surface area contributed by atoms with Gasteiger partial charge in [-0.15, -0.1) is 0 Å². The fourth-order valence-corrected chi connectivity index (χ4v) is 1.85. The molecule has 14 heavy (non-hydrogen) atoms. The molecule has 1 rings (SSSR count). The normalized spacial score (nSPS) is 28.3. The molecule has 82 valence electrons. The highest BCUT2D eigenvalue weighted by atomic mass is 19.1. The number of hydrogen-bond donors (Lipinski definition) is 0. The monoisotopic (exact) mass is 203 g/mol. The van der Waals surface area contributed by atoms with E-state index in [2.05, 4.69) is 30.4 Å². The summed E-state index contributed by atoms with van der Waals surface area (Å²) in [4.78, 5) is 12.0. The van der Waals surface area contributed by atoms with Crippen LogP contribution in [0, 0.1) is 0 Å². The van der Waals surface area contributed by atoms with Crippen molar-refractivity contribution in [1.82, 2.24) is 4.90 Å². The molecule has 0 aromatic carbocycles. The summed E-state index contributed by atoms with van der Waals surface area (Å²) < 4.78 is 17.8. The molecule has 0 aromatic heterocycles. The predicted octanol–water partition coefficient (Wildman–Crippen LogP) is 1.37. The van der Waals surface area contributed by atoms with Crippen molar-refractivity contribution in [2.75, 3.05) is 13.2 Å². The number of carbonyl (C=O) groups is 1. The van der Waals surface area contributed by atoms with Crippen LogP contribution in [0.5, 0.6) is 0 Å². The van der Waals surface area contributed by atoms with Gasteiger partial charge in [-0.3, -0.25) is 9.69 Å². The smallest absolute Gasteiger partial charge is 0.293 e. The van der Waals surface area contributed by atoms with Gasteiger partial charge in [0.05, 0.1) is 6.61 Å². The standard InChI is InChI=1S/C10H18FNO2/c1-10(2,3)12-6-8(11)9(12)4-5-14-7-13/h7-9H,4-6H2,1-3H3. The summed E-state index contributed by atoms with van der Waals surface area (Å²) in [6.45, 7) is 7.40. The first-order chi connectivity index (χ1) is 6.46. The van der Waals surface area contributed by atoms with Crippen molar-refractivity contribution in [2.45, 2.75) is 44.9 Å². The Morgan fingerprint density at radius 3 is 2.64 bits per heavy atom. The highest BCUT2D eigenvalue weighted by Crippen LogP contribution is 2.31.